The summed E-state index contributed by atoms with van der Waals surface area (Å²) in [5.41, 5.74) is 2.95. The fourth-order valence-electron chi connectivity index (χ4n) is 7.64. The van der Waals surface area contributed by atoms with Gasteiger partial charge in [0.2, 0.25) is 16.9 Å². The molecule has 63 heavy (non-hydrogen) atoms. The maximum absolute atomic E-state index is 14.3. The number of carbonyl (C=O) groups is 4. The molecule has 0 fully saturated rings. The molecule has 0 aliphatic carbocycles. The third-order valence-corrected chi connectivity index (χ3v) is 12.1. The topological polar surface area (TPSA) is 246 Å². The molecule has 0 bridgehead atoms. The molecule has 4 N–H and O–H groups in total. The van der Waals surface area contributed by atoms with Crippen molar-refractivity contribution in [1.82, 2.24) is 10.6 Å². The summed E-state index contributed by atoms with van der Waals surface area (Å²) >= 11 is 0. The molecule has 17 nitrogen and oxygen atoms in total. The number of quaternary nitrogens is 1. The van der Waals surface area contributed by atoms with Crippen LogP contribution in [0.3, 0.4) is 0 Å². The molecule has 4 aromatic rings. The van der Waals surface area contributed by atoms with Crippen molar-refractivity contribution in [2.24, 2.45) is 0 Å². The van der Waals surface area contributed by atoms with Crippen molar-refractivity contribution in [2.75, 3.05) is 51.3 Å². The highest BCUT2D eigenvalue weighted by atomic mass is 32.2. The smallest absolute Gasteiger partial charge is 0.345 e. The standard InChI is InChI=1S/C44H58N4O13S2/c1-30(2)60-34-17-18-38-36(29-34)41(35-13-6-7-14-37(35)47(38)21-11-25-62(54,55)56)44(53)61-42-31(3)27-33(28-32(42)4)43(52)46-20-10-23-48(5,24-12-26-63(57,58)59)22-9-19-45-39(49)15-8-16-40(50)51/h6-7,13-14,17-18,27-30H,8-12,15-16,19-26H2,1-5H3,(H3-2,45,46,49,50,51,52,54,55,56,57,58,59)/p+1. The van der Waals surface area contributed by atoms with E-state index in [-0.39, 0.29) is 74.4 Å². The first-order valence-electron chi connectivity index (χ1n) is 20.9. The average molecular weight is 916 g/mol. The lowest BCUT2D eigenvalue weighted by Gasteiger charge is -2.35. The zero-order valence-corrected chi connectivity index (χ0v) is 38.1. The summed E-state index contributed by atoms with van der Waals surface area (Å²) in [4.78, 5) is 50.5. The number of fused-ring (bicyclic) bond motifs is 2. The molecule has 1 heterocycles. The Kier molecular flexibility index (Phi) is 17.9. The highest BCUT2D eigenvalue weighted by Crippen LogP contribution is 2.32. The van der Waals surface area contributed by atoms with Crippen LogP contribution in [0, 0.1) is 13.8 Å². The lowest BCUT2D eigenvalue weighted by molar-refractivity contribution is -0.909. The van der Waals surface area contributed by atoms with Crippen LogP contribution >= 0.6 is 0 Å². The Morgan fingerprint density at radius 2 is 1.41 bits per heavy atom. The fourth-order valence-corrected chi connectivity index (χ4v) is 8.62. The van der Waals surface area contributed by atoms with Gasteiger partial charge in [0.15, 0.2) is 6.54 Å². The lowest BCUT2D eigenvalue weighted by Crippen LogP contribution is -2.48. The highest BCUT2D eigenvalue weighted by Gasteiger charge is 2.28. The van der Waals surface area contributed by atoms with Crippen LogP contribution in [0.25, 0.3) is 21.8 Å². The molecule has 1 atom stereocenters. The van der Waals surface area contributed by atoms with E-state index in [4.69, 9.17) is 14.6 Å². The molecule has 0 saturated heterocycles. The van der Waals surface area contributed by atoms with E-state index < -0.39 is 43.7 Å². The minimum atomic E-state index is -4.40. The van der Waals surface area contributed by atoms with Crippen molar-refractivity contribution in [3.63, 3.8) is 0 Å². The number of carboxylic acids is 1. The Bertz CT molecular complexity index is 2510. The molecule has 0 aliphatic rings. The quantitative estimate of drug-likeness (QED) is 0.0137. The number of carboxylic acid groups (broad SMARTS) is 1. The molecule has 0 saturated carbocycles. The van der Waals surface area contributed by atoms with E-state index in [0.717, 1.165) is 0 Å². The molecule has 1 unspecified atom stereocenters. The molecule has 2 amide bonds. The summed E-state index contributed by atoms with van der Waals surface area (Å²) < 4.78 is 80.8. The predicted molar refractivity (Wildman–Crippen MR) is 235 cm³/mol. The van der Waals surface area contributed by atoms with Crippen LogP contribution in [0.15, 0.2) is 54.6 Å². The van der Waals surface area contributed by atoms with Gasteiger partial charge in [-0.1, -0.05) is 12.1 Å². The highest BCUT2D eigenvalue weighted by molar-refractivity contribution is 7.85. The van der Waals surface area contributed by atoms with Crippen LogP contribution in [-0.2, 0) is 36.4 Å². The summed E-state index contributed by atoms with van der Waals surface area (Å²) in [6.07, 6.45) is 1.41. The van der Waals surface area contributed by atoms with Crippen molar-refractivity contribution in [3.05, 3.63) is 76.9 Å². The summed E-state index contributed by atoms with van der Waals surface area (Å²) in [7, 11) is -6.68. The van der Waals surface area contributed by atoms with E-state index in [0.29, 0.717) is 87.7 Å². The summed E-state index contributed by atoms with van der Waals surface area (Å²) in [6, 6.07) is 15.8. The zero-order valence-electron chi connectivity index (χ0n) is 36.5. The predicted octanol–water partition coefficient (Wildman–Crippen LogP) is 4.44. The number of hydrogen-bond donors (Lipinski definition) is 4. The number of carbonyl (C=O) groups excluding carboxylic acids is 3. The molecule has 0 aliphatic heterocycles. The van der Waals surface area contributed by atoms with Gasteiger partial charge < -0.3 is 34.2 Å². The van der Waals surface area contributed by atoms with Gasteiger partial charge in [-0.2, -0.15) is 13.0 Å². The number of aliphatic carboxylic acids is 1. The lowest BCUT2D eigenvalue weighted by atomic mass is 10.0. The average Bonchev–Trinajstić information content (AvgIpc) is 3.17. The molecular formula is C44H59N4O13S2+. The normalized spacial score (nSPS) is 12.9. The first kappa shape index (κ1) is 50.4. The van der Waals surface area contributed by atoms with Gasteiger partial charge in [-0.05, 0) is 75.6 Å². The van der Waals surface area contributed by atoms with Crippen molar-refractivity contribution < 1.29 is 68.7 Å². The van der Waals surface area contributed by atoms with Gasteiger partial charge in [-0.3, -0.25) is 18.9 Å². The number of para-hydroxylation sites is 1. The van der Waals surface area contributed by atoms with Crippen LogP contribution in [-0.4, -0.2) is 117 Å². The van der Waals surface area contributed by atoms with Crippen molar-refractivity contribution in [2.45, 2.75) is 85.3 Å². The molecule has 19 heteroatoms. The number of amides is 2. The first-order chi connectivity index (χ1) is 29.6. The van der Waals surface area contributed by atoms with Crippen molar-refractivity contribution >= 4 is 65.8 Å². The second-order valence-electron chi connectivity index (χ2n) is 16.3. The van der Waals surface area contributed by atoms with Crippen LogP contribution in [0.5, 0.6) is 11.5 Å². The maximum Gasteiger partial charge on any atom is 0.345 e. The molecule has 3 aromatic carbocycles. The van der Waals surface area contributed by atoms with Gasteiger partial charge in [0.25, 0.3) is 16.0 Å². The van der Waals surface area contributed by atoms with E-state index in [1.165, 1.54) is 0 Å². The minimum absolute atomic E-state index is 0.0952. The Morgan fingerprint density at radius 3 is 2.03 bits per heavy atom. The Morgan fingerprint density at radius 1 is 0.794 bits per heavy atom. The second-order valence-corrected chi connectivity index (χ2v) is 19.4. The number of aryl methyl sites for hydroxylation is 3. The van der Waals surface area contributed by atoms with E-state index in [9.17, 15) is 45.1 Å². The van der Waals surface area contributed by atoms with Gasteiger partial charge in [-0.15, -0.1) is 0 Å². The van der Waals surface area contributed by atoms with E-state index in [1.807, 2.05) is 37.6 Å². The molecule has 0 spiro atoms. The number of nitrogens with one attached hydrogen (secondary N) is 2. The molecule has 0 radical (unpaired) electrons. The molecule has 4 rings (SSSR count). The minimum Gasteiger partial charge on any atom is -0.748 e. The van der Waals surface area contributed by atoms with Crippen molar-refractivity contribution in [1.29, 1.82) is 0 Å². The van der Waals surface area contributed by atoms with Crippen LogP contribution < -0.4 is 24.7 Å². The van der Waals surface area contributed by atoms with Crippen LogP contribution in [0.2, 0.25) is 0 Å². The van der Waals surface area contributed by atoms with E-state index in [1.54, 1.807) is 56.3 Å². The molecular weight excluding hydrogens is 857 g/mol. The summed E-state index contributed by atoms with van der Waals surface area (Å²) in [5, 5.41) is 15.5. The Labute approximate surface area is 368 Å². The Hall–Kier alpha value is -5.21. The molecule has 1 aromatic heterocycles. The maximum atomic E-state index is 14.3. The van der Waals surface area contributed by atoms with Gasteiger partial charge in [-0.25, -0.2) is 13.2 Å². The number of esters is 1. The number of rotatable bonds is 25. The van der Waals surface area contributed by atoms with Gasteiger partial charge in [0.05, 0.1) is 65.0 Å². The number of hydrogen-bond acceptors (Lipinski definition) is 11. The van der Waals surface area contributed by atoms with Crippen molar-refractivity contribution in [3.8, 4) is 11.5 Å². The first-order valence-corrected chi connectivity index (χ1v) is 24.1. The Balaban J connectivity index is 1.48. The number of pyridine rings is 1. The van der Waals surface area contributed by atoms with Gasteiger partial charge in [0, 0.05) is 75.1 Å². The number of aromatic nitrogens is 1. The van der Waals surface area contributed by atoms with E-state index in [2.05, 4.69) is 10.6 Å². The largest absolute Gasteiger partial charge is 0.748 e. The van der Waals surface area contributed by atoms with Crippen LogP contribution in [0.4, 0.5) is 0 Å². The summed E-state index contributed by atoms with van der Waals surface area (Å²) in [5.74, 6) is -2.39. The second kappa shape index (κ2) is 22.4. The number of benzene rings is 3. The van der Waals surface area contributed by atoms with Gasteiger partial charge in [0.1, 0.15) is 11.5 Å². The van der Waals surface area contributed by atoms with E-state index >= 15 is 0 Å². The fraction of sp³-hybridized carbons (Fsp3) is 0.477. The van der Waals surface area contributed by atoms with Crippen LogP contribution in [0.1, 0.15) is 90.6 Å². The monoisotopic (exact) mass is 915 g/mol. The third kappa shape index (κ3) is 15.8. The zero-order chi connectivity index (χ0) is 46.5. The SMILES string of the molecule is Cc1cc(C(=O)NCCC[N+](C)(CCCNC(=O)CCCC(=O)O)CCCS(=O)(=O)[O-])cc(C)c1OC(=O)c1c2ccccc2[n+](CCCS(=O)(=O)O)c2ccc(OC(C)C)cc12. The molecule has 344 valence electrons. The van der Waals surface area contributed by atoms with Gasteiger partial charge >= 0.3 is 11.9 Å². The number of ether oxygens (including phenoxy) is 2. The summed E-state index contributed by atoms with van der Waals surface area (Å²) in [6.45, 7) is 9.56. The third-order valence-electron chi connectivity index (χ3n) is 10.5. The number of nitrogens with zero attached hydrogens (tertiary/aromatic N) is 2.